The second-order valence-corrected chi connectivity index (χ2v) is 4.34. The van der Waals surface area contributed by atoms with E-state index in [4.69, 9.17) is 10.8 Å². The van der Waals surface area contributed by atoms with Crippen molar-refractivity contribution < 1.29 is 19.5 Å². The number of primary amides is 1. The molecule has 1 aromatic rings. The summed E-state index contributed by atoms with van der Waals surface area (Å²) < 4.78 is 0. The number of carbonyl (C=O) groups is 3. The third-order valence-electron chi connectivity index (χ3n) is 2.72. The van der Waals surface area contributed by atoms with Gasteiger partial charge in [0.05, 0.1) is 0 Å². The number of nitrogens with one attached hydrogen (secondary N) is 1. The minimum atomic E-state index is -1.07. The molecule has 2 amide bonds. The maximum Gasteiger partial charge on any atom is 0.328 e. The lowest BCUT2D eigenvalue weighted by atomic mass is 10.0. The van der Waals surface area contributed by atoms with Gasteiger partial charge >= 0.3 is 5.97 Å². The van der Waals surface area contributed by atoms with Crippen LogP contribution >= 0.6 is 0 Å². The highest BCUT2D eigenvalue weighted by molar-refractivity contribution is 5.98. The molecule has 0 saturated carbocycles. The second-order valence-electron chi connectivity index (χ2n) is 4.34. The summed E-state index contributed by atoms with van der Waals surface area (Å²) in [6.07, 6.45) is 2.40. The van der Waals surface area contributed by atoms with Gasteiger partial charge in [-0.2, -0.15) is 0 Å². The number of aliphatic carboxylic acids is 1. The molecule has 4 N–H and O–H groups in total. The van der Waals surface area contributed by atoms with Gasteiger partial charge in [-0.25, -0.2) is 4.79 Å². The molecule has 0 saturated heterocycles. The van der Waals surface area contributed by atoms with Crippen LogP contribution in [0.1, 0.15) is 28.4 Å². The molecule has 0 aliphatic heterocycles. The van der Waals surface area contributed by atoms with Crippen molar-refractivity contribution in [2.24, 2.45) is 5.73 Å². The van der Waals surface area contributed by atoms with Crippen LogP contribution in [0.2, 0.25) is 0 Å². The van der Waals surface area contributed by atoms with Gasteiger partial charge in [-0.05, 0) is 43.2 Å². The molecule has 0 heterocycles. The SMILES string of the molecule is Cc1ccc(C(=O)NC(C)C(N)=O)cc1/C=C/C(=O)O. The summed E-state index contributed by atoms with van der Waals surface area (Å²) in [5.74, 6) is -2.14. The highest BCUT2D eigenvalue weighted by Gasteiger charge is 2.14. The van der Waals surface area contributed by atoms with Gasteiger partial charge in [-0.15, -0.1) is 0 Å². The van der Waals surface area contributed by atoms with Crippen LogP contribution in [0.4, 0.5) is 0 Å². The van der Waals surface area contributed by atoms with Crippen molar-refractivity contribution in [3.63, 3.8) is 0 Å². The largest absolute Gasteiger partial charge is 0.478 e. The smallest absolute Gasteiger partial charge is 0.328 e. The van der Waals surface area contributed by atoms with E-state index in [0.29, 0.717) is 11.1 Å². The molecule has 6 heteroatoms. The van der Waals surface area contributed by atoms with E-state index in [0.717, 1.165) is 11.6 Å². The van der Waals surface area contributed by atoms with E-state index in [-0.39, 0.29) is 0 Å². The van der Waals surface area contributed by atoms with Crippen LogP contribution in [0.25, 0.3) is 6.08 Å². The molecule has 106 valence electrons. The number of hydrogen-bond donors (Lipinski definition) is 3. The number of nitrogens with two attached hydrogens (primary N) is 1. The molecule has 0 radical (unpaired) electrons. The summed E-state index contributed by atoms with van der Waals surface area (Å²) in [4.78, 5) is 33.3. The minimum absolute atomic E-state index is 0.328. The van der Waals surface area contributed by atoms with Gasteiger partial charge in [0.15, 0.2) is 0 Å². The van der Waals surface area contributed by atoms with Crippen LogP contribution in [-0.4, -0.2) is 28.9 Å². The van der Waals surface area contributed by atoms with Crippen LogP contribution in [0.5, 0.6) is 0 Å². The van der Waals surface area contributed by atoms with Crippen molar-refractivity contribution in [1.82, 2.24) is 5.32 Å². The van der Waals surface area contributed by atoms with E-state index in [1.54, 1.807) is 25.1 Å². The lowest BCUT2D eigenvalue weighted by Gasteiger charge is -2.11. The first-order chi connectivity index (χ1) is 9.31. The number of carbonyl (C=O) groups excluding carboxylic acids is 2. The average molecular weight is 276 g/mol. The molecule has 1 atom stereocenters. The van der Waals surface area contributed by atoms with Crippen molar-refractivity contribution in [3.8, 4) is 0 Å². The number of rotatable bonds is 5. The number of carboxylic acid groups (broad SMARTS) is 1. The lowest BCUT2D eigenvalue weighted by Crippen LogP contribution is -2.42. The van der Waals surface area contributed by atoms with Crippen LogP contribution in [0.15, 0.2) is 24.3 Å². The Labute approximate surface area is 116 Å². The van der Waals surface area contributed by atoms with Gasteiger partial charge in [-0.3, -0.25) is 9.59 Å². The van der Waals surface area contributed by atoms with Crippen LogP contribution in [0.3, 0.4) is 0 Å². The third kappa shape index (κ3) is 4.24. The molecule has 0 bridgehead atoms. The monoisotopic (exact) mass is 276 g/mol. The fourth-order valence-corrected chi connectivity index (χ4v) is 1.47. The maximum atomic E-state index is 11.9. The quantitative estimate of drug-likeness (QED) is 0.687. The fourth-order valence-electron chi connectivity index (χ4n) is 1.47. The molecule has 1 aromatic carbocycles. The average Bonchev–Trinajstić information content (AvgIpc) is 2.37. The molecule has 0 fully saturated rings. The second kappa shape index (κ2) is 6.51. The summed E-state index contributed by atoms with van der Waals surface area (Å²) in [6.45, 7) is 3.29. The molecule has 0 aliphatic carbocycles. The Kier molecular flexibility index (Phi) is 5.02. The number of amides is 2. The number of hydrogen-bond acceptors (Lipinski definition) is 3. The van der Waals surface area contributed by atoms with Gasteiger partial charge in [0.2, 0.25) is 5.91 Å². The normalized spacial score (nSPS) is 12.1. The first kappa shape index (κ1) is 15.4. The molecular weight excluding hydrogens is 260 g/mol. The predicted octanol–water partition coefficient (Wildman–Crippen LogP) is 0.696. The number of benzene rings is 1. The van der Waals surface area contributed by atoms with E-state index in [1.807, 2.05) is 0 Å². The maximum absolute atomic E-state index is 11.9. The van der Waals surface area contributed by atoms with Crippen molar-refractivity contribution in [1.29, 1.82) is 0 Å². The van der Waals surface area contributed by atoms with E-state index < -0.39 is 23.8 Å². The molecule has 20 heavy (non-hydrogen) atoms. The number of carboxylic acids is 1. The van der Waals surface area contributed by atoms with Crippen molar-refractivity contribution in [3.05, 3.63) is 41.0 Å². The topological polar surface area (TPSA) is 109 Å². The third-order valence-corrected chi connectivity index (χ3v) is 2.72. The van der Waals surface area contributed by atoms with Gasteiger partial charge in [0, 0.05) is 11.6 Å². The van der Waals surface area contributed by atoms with E-state index in [1.165, 1.54) is 13.0 Å². The molecule has 1 rings (SSSR count). The van der Waals surface area contributed by atoms with Gasteiger partial charge in [0.25, 0.3) is 5.91 Å². The van der Waals surface area contributed by atoms with E-state index in [9.17, 15) is 14.4 Å². The Morgan fingerprint density at radius 1 is 1.35 bits per heavy atom. The Balaban J connectivity index is 2.97. The van der Waals surface area contributed by atoms with Gasteiger partial charge in [0.1, 0.15) is 6.04 Å². The van der Waals surface area contributed by atoms with Crippen molar-refractivity contribution in [2.45, 2.75) is 19.9 Å². The van der Waals surface area contributed by atoms with E-state index in [2.05, 4.69) is 5.32 Å². The predicted molar refractivity (Wildman–Crippen MR) is 74.0 cm³/mol. The zero-order valence-electron chi connectivity index (χ0n) is 11.2. The van der Waals surface area contributed by atoms with Crippen molar-refractivity contribution >= 4 is 23.9 Å². The molecule has 6 nitrogen and oxygen atoms in total. The highest BCUT2D eigenvalue weighted by Crippen LogP contribution is 2.13. The van der Waals surface area contributed by atoms with E-state index >= 15 is 0 Å². The van der Waals surface area contributed by atoms with Crippen LogP contribution in [-0.2, 0) is 9.59 Å². The number of aryl methyl sites for hydroxylation is 1. The lowest BCUT2D eigenvalue weighted by molar-refractivity contribution is -0.131. The highest BCUT2D eigenvalue weighted by atomic mass is 16.4. The first-order valence-electron chi connectivity index (χ1n) is 5.93. The fraction of sp³-hybridized carbons (Fsp3) is 0.214. The van der Waals surface area contributed by atoms with Gasteiger partial charge in [-0.1, -0.05) is 6.07 Å². The van der Waals surface area contributed by atoms with Gasteiger partial charge < -0.3 is 16.2 Å². The Bertz CT molecular complexity index is 579. The molecule has 1 unspecified atom stereocenters. The summed E-state index contributed by atoms with van der Waals surface area (Å²) in [5, 5.41) is 11.1. The Morgan fingerprint density at radius 2 is 2.00 bits per heavy atom. The Morgan fingerprint density at radius 3 is 2.55 bits per heavy atom. The molecule has 0 aromatic heterocycles. The van der Waals surface area contributed by atoms with Crippen molar-refractivity contribution in [2.75, 3.05) is 0 Å². The summed E-state index contributed by atoms with van der Waals surface area (Å²) in [7, 11) is 0. The minimum Gasteiger partial charge on any atom is -0.478 e. The van der Waals surface area contributed by atoms with Crippen LogP contribution in [0, 0.1) is 6.92 Å². The zero-order chi connectivity index (χ0) is 15.3. The standard InChI is InChI=1S/C14H16N2O4/c1-8-3-4-11(7-10(8)5-6-12(17)18)14(20)16-9(2)13(15)19/h3-7,9H,1-2H3,(H2,15,19)(H,16,20)(H,17,18)/b6-5+. The zero-order valence-corrected chi connectivity index (χ0v) is 11.2. The molecule has 0 spiro atoms. The summed E-state index contributed by atoms with van der Waals surface area (Å²) >= 11 is 0. The molecular formula is C14H16N2O4. The summed E-state index contributed by atoms with van der Waals surface area (Å²) in [5.41, 5.74) is 6.85. The summed E-state index contributed by atoms with van der Waals surface area (Å²) in [6, 6.07) is 4.07. The first-order valence-corrected chi connectivity index (χ1v) is 5.93. The Hall–Kier alpha value is -2.63. The van der Waals surface area contributed by atoms with Crippen LogP contribution < -0.4 is 11.1 Å². The molecule has 0 aliphatic rings.